The molecule has 0 radical (unpaired) electrons. The fourth-order valence-electron chi connectivity index (χ4n) is 2.21. The molecule has 0 spiro atoms. The van der Waals surface area contributed by atoms with Gasteiger partial charge in [0.25, 0.3) is 0 Å². The van der Waals surface area contributed by atoms with Crippen molar-refractivity contribution < 1.29 is 9.53 Å². The molecule has 17 heavy (non-hydrogen) atoms. The second-order valence-electron chi connectivity index (χ2n) is 4.98. The van der Waals surface area contributed by atoms with Gasteiger partial charge in [-0.2, -0.15) is 0 Å². The Bertz CT molecular complexity index is 426. The maximum atomic E-state index is 11.9. The second kappa shape index (κ2) is 4.49. The SMILES string of the molecule is O=C(OCC1CC1)C1Cc2ccccc2CN1. The zero-order chi connectivity index (χ0) is 11.7. The largest absolute Gasteiger partial charge is 0.464 e. The highest BCUT2D eigenvalue weighted by Gasteiger charge is 2.28. The number of hydrogen-bond donors (Lipinski definition) is 1. The van der Waals surface area contributed by atoms with Gasteiger partial charge < -0.3 is 10.1 Å². The van der Waals surface area contributed by atoms with E-state index >= 15 is 0 Å². The van der Waals surface area contributed by atoms with E-state index in [9.17, 15) is 4.79 Å². The van der Waals surface area contributed by atoms with Gasteiger partial charge in [-0.05, 0) is 36.3 Å². The van der Waals surface area contributed by atoms with E-state index in [-0.39, 0.29) is 12.0 Å². The Balaban J connectivity index is 1.60. The van der Waals surface area contributed by atoms with Gasteiger partial charge in [-0.15, -0.1) is 0 Å². The van der Waals surface area contributed by atoms with Crippen LogP contribution >= 0.6 is 0 Å². The molecule has 3 heteroatoms. The molecule has 3 rings (SSSR count). The minimum Gasteiger partial charge on any atom is -0.464 e. The van der Waals surface area contributed by atoms with Crippen molar-refractivity contribution in [2.45, 2.75) is 31.8 Å². The highest BCUT2D eigenvalue weighted by Crippen LogP contribution is 2.29. The van der Waals surface area contributed by atoms with Crippen molar-refractivity contribution in [3.05, 3.63) is 35.4 Å². The van der Waals surface area contributed by atoms with Gasteiger partial charge in [0.1, 0.15) is 6.04 Å². The van der Waals surface area contributed by atoms with Gasteiger partial charge in [0, 0.05) is 6.54 Å². The summed E-state index contributed by atoms with van der Waals surface area (Å²) in [6.07, 6.45) is 3.18. The van der Waals surface area contributed by atoms with E-state index < -0.39 is 0 Å². The van der Waals surface area contributed by atoms with Crippen molar-refractivity contribution >= 4 is 5.97 Å². The van der Waals surface area contributed by atoms with E-state index in [0.717, 1.165) is 13.0 Å². The first-order valence-electron chi connectivity index (χ1n) is 6.30. The van der Waals surface area contributed by atoms with Crippen LogP contribution in [0.4, 0.5) is 0 Å². The molecule has 1 atom stereocenters. The molecule has 1 aromatic carbocycles. The van der Waals surface area contributed by atoms with E-state index in [4.69, 9.17) is 4.74 Å². The number of rotatable bonds is 3. The van der Waals surface area contributed by atoms with Crippen molar-refractivity contribution in [3.8, 4) is 0 Å². The summed E-state index contributed by atoms with van der Waals surface area (Å²) in [5, 5.41) is 3.24. The van der Waals surface area contributed by atoms with Crippen LogP contribution in [-0.4, -0.2) is 18.6 Å². The minimum atomic E-state index is -0.163. The van der Waals surface area contributed by atoms with E-state index in [2.05, 4.69) is 17.4 Å². The highest BCUT2D eigenvalue weighted by molar-refractivity contribution is 5.76. The molecule has 1 saturated carbocycles. The fourth-order valence-corrected chi connectivity index (χ4v) is 2.21. The van der Waals surface area contributed by atoms with Crippen LogP contribution in [0, 0.1) is 5.92 Å². The maximum absolute atomic E-state index is 11.9. The van der Waals surface area contributed by atoms with Gasteiger partial charge in [-0.3, -0.25) is 4.79 Å². The van der Waals surface area contributed by atoms with Gasteiger partial charge in [0.2, 0.25) is 0 Å². The number of hydrogen-bond acceptors (Lipinski definition) is 3. The third-order valence-corrected chi connectivity index (χ3v) is 3.52. The Labute approximate surface area is 101 Å². The lowest BCUT2D eigenvalue weighted by Crippen LogP contribution is -2.42. The Kier molecular flexibility index (Phi) is 2.85. The summed E-state index contributed by atoms with van der Waals surface area (Å²) in [6.45, 7) is 1.37. The van der Waals surface area contributed by atoms with Gasteiger partial charge >= 0.3 is 5.97 Å². The van der Waals surface area contributed by atoms with Crippen LogP contribution in [0.2, 0.25) is 0 Å². The van der Waals surface area contributed by atoms with Crippen LogP contribution in [0.5, 0.6) is 0 Å². The molecule has 1 unspecified atom stereocenters. The van der Waals surface area contributed by atoms with Gasteiger partial charge in [0.15, 0.2) is 0 Å². The first kappa shape index (κ1) is 10.8. The summed E-state index contributed by atoms with van der Waals surface area (Å²) in [5.74, 6) is 0.543. The Hall–Kier alpha value is -1.35. The minimum absolute atomic E-state index is 0.0913. The number of carbonyl (C=O) groups is 1. The van der Waals surface area contributed by atoms with Gasteiger partial charge in [-0.25, -0.2) is 0 Å². The number of ether oxygens (including phenoxy) is 1. The summed E-state index contributed by atoms with van der Waals surface area (Å²) >= 11 is 0. The fraction of sp³-hybridized carbons (Fsp3) is 0.500. The topological polar surface area (TPSA) is 38.3 Å². The smallest absolute Gasteiger partial charge is 0.323 e. The predicted octanol–water partition coefficient (Wildman–Crippen LogP) is 1.65. The summed E-state index contributed by atoms with van der Waals surface area (Å²) in [4.78, 5) is 11.9. The molecule has 0 amide bonds. The standard InChI is InChI=1S/C14H17NO2/c16-14(17-9-10-5-6-10)13-7-11-3-1-2-4-12(11)8-15-13/h1-4,10,13,15H,5-9H2. The first-order chi connectivity index (χ1) is 8.33. The molecule has 90 valence electrons. The Morgan fingerprint density at radius 1 is 1.29 bits per heavy atom. The average Bonchev–Trinajstić information content (AvgIpc) is 3.19. The summed E-state index contributed by atoms with van der Waals surface area (Å²) in [5.41, 5.74) is 2.55. The van der Waals surface area contributed by atoms with E-state index in [1.54, 1.807) is 0 Å². The lowest BCUT2D eigenvalue weighted by atomic mass is 9.96. The molecule has 1 heterocycles. The van der Waals surface area contributed by atoms with Gasteiger partial charge in [-0.1, -0.05) is 24.3 Å². The van der Waals surface area contributed by atoms with Crippen LogP contribution in [0.3, 0.4) is 0 Å². The van der Waals surface area contributed by atoms with Crippen LogP contribution < -0.4 is 5.32 Å². The summed E-state index contributed by atoms with van der Waals surface area (Å²) in [7, 11) is 0. The molecular formula is C14H17NO2. The molecule has 2 aliphatic rings. The Morgan fingerprint density at radius 2 is 2.06 bits per heavy atom. The average molecular weight is 231 g/mol. The van der Waals surface area contributed by atoms with Crippen molar-refractivity contribution in [1.82, 2.24) is 5.32 Å². The number of carbonyl (C=O) groups excluding carboxylic acids is 1. The van der Waals surface area contributed by atoms with Crippen molar-refractivity contribution in [2.75, 3.05) is 6.61 Å². The lowest BCUT2D eigenvalue weighted by Gasteiger charge is -2.24. The van der Waals surface area contributed by atoms with Crippen molar-refractivity contribution in [2.24, 2.45) is 5.92 Å². The number of benzene rings is 1. The molecular weight excluding hydrogens is 214 g/mol. The maximum Gasteiger partial charge on any atom is 0.323 e. The molecule has 1 aliphatic heterocycles. The quantitative estimate of drug-likeness (QED) is 0.804. The predicted molar refractivity (Wildman–Crippen MR) is 64.5 cm³/mol. The molecule has 1 fully saturated rings. The zero-order valence-electron chi connectivity index (χ0n) is 9.82. The molecule has 0 aromatic heterocycles. The summed E-state index contributed by atoms with van der Waals surface area (Å²) in [6, 6.07) is 8.10. The molecule has 1 aromatic rings. The molecule has 1 aliphatic carbocycles. The van der Waals surface area contributed by atoms with Crippen LogP contribution in [0.1, 0.15) is 24.0 Å². The van der Waals surface area contributed by atoms with Crippen LogP contribution in [-0.2, 0) is 22.5 Å². The molecule has 1 N–H and O–H groups in total. The Morgan fingerprint density at radius 3 is 2.82 bits per heavy atom. The molecule has 3 nitrogen and oxygen atoms in total. The lowest BCUT2D eigenvalue weighted by molar-refractivity contribution is -0.146. The monoisotopic (exact) mass is 231 g/mol. The van der Waals surface area contributed by atoms with Crippen molar-refractivity contribution in [1.29, 1.82) is 0 Å². The van der Waals surface area contributed by atoms with E-state index in [1.807, 2.05) is 12.1 Å². The molecule has 0 bridgehead atoms. The zero-order valence-corrected chi connectivity index (χ0v) is 9.82. The number of nitrogens with one attached hydrogen (secondary N) is 1. The van der Waals surface area contributed by atoms with Crippen LogP contribution in [0.15, 0.2) is 24.3 Å². The number of esters is 1. The normalized spacial score (nSPS) is 22.9. The number of fused-ring (bicyclic) bond motifs is 1. The van der Waals surface area contributed by atoms with E-state index in [1.165, 1.54) is 24.0 Å². The first-order valence-corrected chi connectivity index (χ1v) is 6.30. The highest BCUT2D eigenvalue weighted by atomic mass is 16.5. The van der Waals surface area contributed by atoms with Gasteiger partial charge in [0.05, 0.1) is 6.61 Å². The van der Waals surface area contributed by atoms with Crippen LogP contribution in [0.25, 0.3) is 0 Å². The van der Waals surface area contributed by atoms with Crippen molar-refractivity contribution in [3.63, 3.8) is 0 Å². The summed E-state index contributed by atoms with van der Waals surface area (Å²) < 4.78 is 5.32. The molecule has 0 saturated heterocycles. The third-order valence-electron chi connectivity index (χ3n) is 3.52. The van der Waals surface area contributed by atoms with E-state index in [0.29, 0.717) is 12.5 Å². The second-order valence-corrected chi connectivity index (χ2v) is 4.98. The third kappa shape index (κ3) is 2.50.